The van der Waals surface area contributed by atoms with E-state index in [1.807, 2.05) is 0 Å². The molecule has 2 nitrogen and oxygen atoms in total. The topological polar surface area (TPSA) is 36.7 Å². The molecule has 0 unspecified atom stereocenters. The molecule has 0 N–H and O–H groups in total. The highest BCUT2D eigenvalue weighted by Gasteiger charge is 2.16. The lowest BCUT2D eigenvalue weighted by atomic mass is 10.2. The molecule has 0 aliphatic rings. The van der Waals surface area contributed by atoms with Crippen LogP contribution in [0.25, 0.3) is 0 Å². The summed E-state index contributed by atoms with van der Waals surface area (Å²) >= 11 is 8.46. The lowest BCUT2D eigenvalue weighted by Gasteiger charge is -2.05. The van der Waals surface area contributed by atoms with E-state index in [1.165, 1.54) is 6.07 Å². The van der Waals surface area contributed by atoms with Crippen molar-refractivity contribution in [2.45, 2.75) is 12.3 Å². The van der Waals surface area contributed by atoms with Crippen LogP contribution in [0.15, 0.2) is 10.5 Å². The predicted octanol–water partition coefficient (Wildman–Crippen LogP) is 3.39. The highest BCUT2D eigenvalue weighted by atomic mass is 79.9. The van der Waals surface area contributed by atoms with Crippen LogP contribution >= 0.6 is 27.5 Å². The van der Waals surface area contributed by atoms with E-state index in [4.69, 9.17) is 16.9 Å². The number of nitrogens with zero attached hydrogens (tertiary/aromatic N) is 2. The standard InChI is InChI=1S/C8H4BrClF2N2/c9-5-1-4(2-10)6(3-13)14-7(5)8(11)12/h1,8H,2H2. The maximum Gasteiger partial charge on any atom is 0.281 e. The molecule has 0 bridgehead atoms. The first-order valence-corrected chi connectivity index (χ1v) is 4.86. The fourth-order valence-corrected chi connectivity index (χ4v) is 1.63. The lowest BCUT2D eigenvalue weighted by molar-refractivity contribution is 0.145. The van der Waals surface area contributed by atoms with Gasteiger partial charge in [-0.2, -0.15) is 5.26 Å². The second-order valence-electron chi connectivity index (χ2n) is 2.41. The summed E-state index contributed by atoms with van der Waals surface area (Å²) in [7, 11) is 0. The van der Waals surface area contributed by atoms with E-state index in [1.54, 1.807) is 6.07 Å². The molecular formula is C8H4BrClF2N2. The van der Waals surface area contributed by atoms with Gasteiger partial charge >= 0.3 is 0 Å². The Morgan fingerprint density at radius 3 is 2.71 bits per heavy atom. The summed E-state index contributed by atoms with van der Waals surface area (Å²) in [5.74, 6) is 0.0675. The molecule has 0 atom stereocenters. The average Bonchev–Trinajstić information content (AvgIpc) is 2.16. The van der Waals surface area contributed by atoms with Crippen molar-refractivity contribution in [2.24, 2.45) is 0 Å². The van der Waals surface area contributed by atoms with Gasteiger partial charge < -0.3 is 0 Å². The molecule has 0 amide bonds. The van der Waals surface area contributed by atoms with Gasteiger partial charge in [-0.1, -0.05) is 0 Å². The maximum atomic E-state index is 12.3. The van der Waals surface area contributed by atoms with Crippen LogP contribution in [-0.4, -0.2) is 4.98 Å². The van der Waals surface area contributed by atoms with Crippen molar-refractivity contribution >= 4 is 27.5 Å². The first-order chi connectivity index (χ1) is 6.60. The molecule has 0 aliphatic heterocycles. The van der Waals surface area contributed by atoms with E-state index in [0.29, 0.717) is 5.56 Å². The maximum absolute atomic E-state index is 12.3. The van der Waals surface area contributed by atoms with Crippen LogP contribution in [0, 0.1) is 11.3 Å². The smallest absolute Gasteiger partial charge is 0.235 e. The van der Waals surface area contributed by atoms with Crippen molar-refractivity contribution in [2.75, 3.05) is 0 Å². The van der Waals surface area contributed by atoms with Crippen LogP contribution in [0.1, 0.15) is 23.4 Å². The van der Waals surface area contributed by atoms with E-state index in [2.05, 4.69) is 20.9 Å². The van der Waals surface area contributed by atoms with Crippen molar-refractivity contribution in [3.05, 3.63) is 27.5 Å². The molecule has 0 saturated carbocycles. The first kappa shape index (κ1) is 11.3. The first-order valence-electron chi connectivity index (χ1n) is 3.53. The monoisotopic (exact) mass is 280 g/mol. The molecule has 1 aromatic heterocycles. The quantitative estimate of drug-likeness (QED) is 0.779. The third-order valence-electron chi connectivity index (χ3n) is 1.54. The molecular weight excluding hydrogens is 277 g/mol. The number of rotatable bonds is 2. The minimum atomic E-state index is -2.71. The summed E-state index contributed by atoms with van der Waals surface area (Å²) in [5.41, 5.74) is -0.0561. The van der Waals surface area contributed by atoms with Gasteiger partial charge in [-0.05, 0) is 22.0 Å². The average molecular weight is 281 g/mol. The normalized spacial score (nSPS) is 10.3. The van der Waals surface area contributed by atoms with Crippen molar-refractivity contribution in [1.82, 2.24) is 4.98 Å². The molecule has 14 heavy (non-hydrogen) atoms. The Morgan fingerprint density at radius 2 is 2.29 bits per heavy atom. The van der Waals surface area contributed by atoms with Crippen LogP contribution in [0.5, 0.6) is 0 Å². The second kappa shape index (κ2) is 4.67. The van der Waals surface area contributed by atoms with Crippen molar-refractivity contribution < 1.29 is 8.78 Å². The zero-order chi connectivity index (χ0) is 10.7. The largest absolute Gasteiger partial charge is 0.281 e. The van der Waals surface area contributed by atoms with Crippen LogP contribution in [0.3, 0.4) is 0 Å². The molecule has 6 heteroatoms. The van der Waals surface area contributed by atoms with E-state index in [0.717, 1.165) is 0 Å². The summed E-state index contributed by atoms with van der Waals surface area (Å²) in [5, 5.41) is 8.62. The van der Waals surface area contributed by atoms with Crippen molar-refractivity contribution in [3.63, 3.8) is 0 Å². The Labute approximate surface area is 92.6 Å². The summed E-state index contributed by atoms with van der Waals surface area (Å²) in [4.78, 5) is 3.52. The van der Waals surface area contributed by atoms with Gasteiger partial charge in [-0.3, -0.25) is 0 Å². The number of pyridine rings is 1. The van der Waals surface area contributed by atoms with Crippen molar-refractivity contribution in [3.8, 4) is 6.07 Å². The van der Waals surface area contributed by atoms with E-state index < -0.39 is 12.1 Å². The number of halogens is 4. The molecule has 74 valence electrons. The van der Waals surface area contributed by atoms with Crippen LogP contribution < -0.4 is 0 Å². The number of hydrogen-bond donors (Lipinski definition) is 0. The SMILES string of the molecule is N#Cc1nc(C(F)F)c(Br)cc1CCl. The Morgan fingerprint density at radius 1 is 1.64 bits per heavy atom. The van der Waals surface area contributed by atoms with E-state index >= 15 is 0 Å². The van der Waals surface area contributed by atoms with E-state index in [-0.39, 0.29) is 16.0 Å². The molecule has 1 rings (SSSR count). The molecule has 0 fully saturated rings. The molecule has 1 heterocycles. The van der Waals surface area contributed by atoms with Crippen molar-refractivity contribution in [1.29, 1.82) is 5.26 Å². The number of alkyl halides is 3. The zero-order valence-corrected chi connectivity index (χ0v) is 9.11. The Balaban J connectivity index is 3.32. The van der Waals surface area contributed by atoms with Gasteiger partial charge in [0.1, 0.15) is 17.5 Å². The number of aromatic nitrogens is 1. The predicted molar refractivity (Wildman–Crippen MR) is 51.2 cm³/mol. The Hall–Kier alpha value is -0.730. The number of nitriles is 1. The van der Waals surface area contributed by atoms with Gasteiger partial charge in [-0.25, -0.2) is 13.8 Å². The van der Waals surface area contributed by atoms with Gasteiger partial charge in [0.15, 0.2) is 0 Å². The Bertz CT molecular complexity index is 390. The fourth-order valence-electron chi connectivity index (χ4n) is 0.893. The minimum Gasteiger partial charge on any atom is -0.235 e. The summed E-state index contributed by atoms with van der Waals surface area (Å²) in [6, 6.07) is 3.11. The third kappa shape index (κ3) is 2.20. The summed E-state index contributed by atoms with van der Waals surface area (Å²) < 4.78 is 24.9. The van der Waals surface area contributed by atoms with Crippen LogP contribution in [0.4, 0.5) is 8.78 Å². The zero-order valence-electron chi connectivity index (χ0n) is 6.77. The molecule has 1 aromatic rings. The molecule has 0 aromatic carbocycles. The summed E-state index contributed by atoms with van der Waals surface area (Å²) in [6.07, 6.45) is -2.71. The van der Waals surface area contributed by atoms with Gasteiger partial charge in [-0.15, -0.1) is 11.6 Å². The Kier molecular flexibility index (Phi) is 3.78. The van der Waals surface area contributed by atoms with Crippen LogP contribution in [-0.2, 0) is 5.88 Å². The fraction of sp³-hybridized carbons (Fsp3) is 0.250. The van der Waals surface area contributed by atoms with Gasteiger partial charge in [0.05, 0.1) is 5.88 Å². The molecule has 0 aliphatic carbocycles. The highest BCUT2D eigenvalue weighted by molar-refractivity contribution is 9.10. The highest BCUT2D eigenvalue weighted by Crippen LogP contribution is 2.27. The van der Waals surface area contributed by atoms with Gasteiger partial charge in [0.2, 0.25) is 0 Å². The third-order valence-corrected chi connectivity index (χ3v) is 2.46. The molecule has 0 spiro atoms. The second-order valence-corrected chi connectivity index (χ2v) is 3.53. The molecule has 0 saturated heterocycles. The van der Waals surface area contributed by atoms with Crippen LogP contribution in [0.2, 0.25) is 0 Å². The summed E-state index contributed by atoms with van der Waals surface area (Å²) in [6.45, 7) is 0. The lowest BCUT2D eigenvalue weighted by Crippen LogP contribution is -1.99. The van der Waals surface area contributed by atoms with Gasteiger partial charge in [0, 0.05) is 10.0 Å². The minimum absolute atomic E-state index is 0.0569. The van der Waals surface area contributed by atoms with E-state index in [9.17, 15) is 8.78 Å². The number of hydrogen-bond acceptors (Lipinski definition) is 2. The van der Waals surface area contributed by atoms with Gasteiger partial charge in [0.25, 0.3) is 6.43 Å². The molecule has 0 radical (unpaired) electrons.